The largest absolute Gasteiger partial charge is 0.468 e. The number of imidazole rings is 2. The summed E-state index contributed by atoms with van der Waals surface area (Å²) in [5.41, 5.74) is 1.50. The van der Waals surface area contributed by atoms with E-state index in [1.165, 1.54) is 24.3 Å². The van der Waals surface area contributed by atoms with Crippen molar-refractivity contribution in [3.05, 3.63) is 68.6 Å². The number of esters is 1. The van der Waals surface area contributed by atoms with Gasteiger partial charge in [-0.15, -0.1) is 0 Å². The zero-order valence-corrected chi connectivity index (χ0v) is 16.5. The molecule has 1 aromatic carbocycles. The molecule has 29 heavy (non-hydrogen) atoms. The molecule has 0 aliphatic rings. The van der Waals surface area contributed by atoms with Gasteiger partial charge in [0.05, 0.1) is 7.11 Å². The van der Waals surface area contributed by atoms with E-state index in [0.29, 0.717) is 12.3 Å². The van der Waals surface area contributed by atoms with Gasteiger partial charge in [-0.25, -0.2) is 9.36 Å². The topological polar surface area (TPSA) is 92.5 Å². The molecule has 9 nitrogen and oxygen atoms in total. The third kappa shape index (κ3) is 3.04. The minimum Gasteiger partial charge on any atom is -0.468 e. The highest BCUT2D eigenvalue weighted by Crippen LogP contribution is 2.17. The number of rotatable bonds is 5. The molecule has 0 bridgehead atoms. The third-order valence-corrected chi connectivity index (χ3v) is 5.12. The van der Waals surface area contributed by atoms with Crippen molar-refractivity contribution in [2.75, 3.05) is 7.11 Å². The Hall–Kier alpha value is -3.62. The number of aryl methyl sites for hydroxylation is 4. The molecule has 150 valence electrons. The maximum Gasteiger partial charge on any atom is 0.333 e. The van der Waals surface area contributed by atoms with Crippen LogP contribution in [-0.2, 0) is 36.1 Å². The fourth-order valence-corrected chi connectivity index (χ4v) is 3.55. The summed E-state index contributed by atoms with van der Waals surface area (Å²) in [4.78, 5) is 41.8. The number of fused-ring (bicyclic) bond motifs is 3. The Morgan fingerprint density at radius 3 is 2.55 bits per heavy atom. The molecule has 9 heteroatoms. The van der Waals surface area contributed by atoms with Crippen LogP contribution in [0.1, 0.15) is 11.3 Å². The van der Waals surface area contributed by atoms with Crippen LogP contribution in [0, 0.1) is 6.92 Å². The maximum atomic E-state index is 13.0. The van der Waals surface area contributed by atoms with E-state index in [0.717, 1.165) is 16.7 Å². The maximum absolute atomic E-state index is 13.0. The Kier molecular flexibility index (Phi) is 4.57. The van der Waals surface area contributed by atoms with Crippen LogP contribution < -0.4 is 11.2 Å². The zero-order chi connectivity index (χ0) is 20.7. The minimum atomic E-state index is -0.666. The van der Waals surface area contributed by atoms with Crippen LogP contribution in [0.25, 0.3) is 16.9 Å². The fourth-order valence-electron chi connectivity index (χ4n) is 3.55. The van der Waals surface area contributed by atoms with Crippen LogP contribution in [0.4, 0.5) is 0 Å². The summed E-state index contributed by atoms with van der Waals surface area (Å²) < 4.78 is 10.5. The molecule has 3 aromatic heterocycles. The molecular weight excluding hydrogens is 374 g/mol. The lowest BCUT2D eigenvalue weighted by atomic mass is 10.1. The van der Waals surface area contributed by atoms with E-state index in [4.69, 9.17) is 0 Å². The number of carbonyl (C=O) groups excluding carboxylic acids is 1. The first-order chi connectivity index (χ1) is 13.9. The van der Waals surface area contributed by atoms with E-state index in [9.17, 15) is 14.4 Å². The molecule has 0 fully saturated rings. The minimum absolute atomic E-state index is 0.257. The Bertz CT molecular complexity index is 1340. The molecule has 4 aromatic rings. The van der Waals surface area contributed by atoms with Crippen LogP contribution in [0.2, 0.25) is 0 Å². The van der Waals surface area contributed by atoms with E-state index < -0.39 is 23.8 Å². The first-order valence-electron chi connectivity index (χ1n) is 9.21. The molecule has 0 amide bonds. The lowest BCUT2D eigenvalue weighted by Crippen LogP contribution is -2.41. The molecule has 0 saturated heterocycles. The Balaban J connectivity index is 1.87. The molecule has 0 spiro atoms. The second kappa shape index (κ2) is 7.08. The van der Waals surface area contributed by atoms with Gasteiger partial charge in [0.2, 0.25) is 5.78 Å². The zero-order valence-electron chi connectivity index (χ0n) is 16.5. The number of benzene rings is 1. The standard InChI is InChI=1S/C20H21N5O4/c1-13-11-24-16-17(22(2)20(28)25(18(16)27)12-15(26)29-3)21-19(24)23(13)10-9-14-7-5-4-6-8-14/h4-8,11H,9-10,12H2,1-3H3. The fraction of sp³-hybridized carbons (Fsp3) is 0.300. The molecule has 0 aliphatic heterocycles. The van der Waals surface area contributed by atoms with Crippen molar-refractivity contribution in [3.8, 4) is 0 Å². The summed E-state index contributed by atoms with van der Waals surface area (Å²) in [6.45, 7) is 2.18. The number of hydrogen-bond donors (Lipinski definition) is 0. The molecule has 0 radical (unpaired) electrons. The smallest absolute Gasteiger partial charge is 0.333 e. The quantitative estimate of drug-likeness (QED) is 0.468. The molecule has 4 rings (SSSR count). The van der Waals surface area contributed by atoms with Crippen molar-refractivity contribution < 1.29 is 9.53 Å². The van der Waals surface area contributed by atoms with Gasteiger partial charge in [-0.1, -0.05) is 30.3 Å². The number of ether oxygens (including phenoxy) is 1. The Morgan fingerprint density at radius 1 is 1.14 bits per heavy atom. The van der Waals surface area contributed by atoms with Crippen molar-refractivity contribution in [2.45, 2.75) is 26.4 Å². The van der Waals surface area contributed by atoms with Crippen molar-refractivity contribution >= 4 is 22.9 Å². The second-order valence-corrected chi connectivity index (χ2v) is 6.92. The van der Waals surface area contributed by atoms with Crippen LogP contribution in [0.15, 0.2) is 46.1 Å². The SMILES string of the molecule is COC(=O)Cn1c(=O)c2c(nc3n(CCc4ccccc4)c(C)cn23)n(C)c1=O. The summed E-state index contributed by atoms with van der Waals surface area (Å²) >= 11 is 0. The van der Waals surface area contributed by atoms with Crippen molar-refractivity contribution in [1.29, 1.82) is 0 Å². The van der Waals surface area contributed by atoms with E-state index in [-0.39, 0.29) is 11.2 Å². The third-order valence-electron chi connectivity index (χ3n) is 5.12. The first kappa shape index (κ1) is 18.7. The molecule has 0 saturated carbocycles. The van der Waals surface area contributed by atoms with Gasteiger partial charge in [-0.3, -0.25) is 18.6 Å². The summed E-state index contributed by atoms with van der Waals surface area (Å²) in [6.07, 6.45) is 2.63. The van der Waals surface area contributed by atoms with E-state index in [1.54, 1.807) is 4.40 Å². The van der Waals surface area contributed by atoms with E-state index >= 15 is 0 Å². The van der Waals surface area contributed by atoms with Crippen LogP contribution in [-0.4, -0.2) is 36.2 Å². The number of methoxy groups -OCH3 is 1. The van der Waals surface area contributed by atoms with Crippen molar-refractivity contribution in [1.82, 2.24) is 23.1 Å². The summed E-state index contributed by atoms with van der Waals surface area (Å²) in [6, 6.07) is 10.1. The lowest BCUT2D eigenvalue weighted by Gasteiger charge is -2.07. The normalized spacial score (nSPS) is 11.4. The van der Waals surface area contributed by atoms with Gasteiger partial charge in [-0.05, 0) is 18.9 Å². The molecule has 0 aliphatic carbocycles. The van der Waals surface area contributed by atoms with E-state index in [2.05, 4.69) is 21.9 Å². The average molecular weight is 395 g/mol. The first-order valence-corrected chi connectivity index (χ1v) is 9.21. The number of hydrogen-bond acceptors (Lipinski definition) is 5. The van der Waals surface area contributed by atoms with E-state index in [1.807, 2.05) is 35.9 Å². The molecule has 0 unspecified atom stereocenters. The predicted octanol–water partition coefficient (Wildman–Crippen LogP) is 0.874. The average Bonchev–Trinajstić information content (AvgIpc) is 3.23. The molecule has 0 N–H and O–H groups in total. The van der Waals surface area contributed by atoms with Crippen LogP contribution in [0.5, 0.6) is 0 Å². The highest BCUT2D eigenvalue weighted by molar-refractivity contribution is 5.76. The number of aromatic nitrogens is 5. The van der Waals surface area contributed by atoms with Gasteiger partial charge in [0, 0.05) is 25.5 Å². The Morgan fingerprint density at radius 2 is 1.86 bits per heavy atom. The molecule has 3 heterocycles. The van der Waals surface area contributed by atoms with Crippen LogP contribution in [0.3, 0.4) is 0 Å². The lowest BCUT2D eigenvalue weighted by molar-refractivity contribution is -0.141. The predicted molar refractivity (Wildman–Crippen MR) is 107 cm³/mol. The van der Waals surface area contributed by atoms with Crippen LogP contribution >= 0.6 is 0 Å². The molecule has 0 atom stereocenters. The second-order valence-electron chi connectivity index (χ2n) is 6.92. The van der Waals surface area contributed by atoms with Gasteiger partial charge in [0.15, 0.2) is 11.2 Å². The number of carbonyl (C=O) groups is 1. The summed E-state index contributed by atoms with van der Waals surface area (Å²) in [7, 11) is 2.75. The van der Waals surface area contributed by atoms with Crippen molar-refractivity contribution in [3.63, 3.8) is 0 Å². The molecular formula is C20H21N5O4. The highest BCUT2D eigenvalue weighted by Gasteiger charge is 2.21. The van der Waals surface area contributed by atoms with Gasteiger partial charge in [-0.2, -0.15) is 4.98 Å². The van der Waals surface area contributed by atoms with Gasteiger partial charge in [0.1, 0.15) is 6.54 Å². The van der Waals surface area contributed by atoms with Gasteiger partial charge in [0.25, 0.3) is 5.56 Å². The van der Waals surface area contributed by atoms with Gasteiger partial charge >= 0.3 is 11.7 Å². The Labute approximate surface area is 165 Å². The summed E-state index contributed by atoms with van der Waals surface area (Å²) in [5, 5.41) is 0. The monoisotopic (exact) mass is 395 g/mol. The summed E-state index contributed by atoms with van der Waals surface area (Å²) in [5.74, 6) is -0.0859. The highest BCUT2D eigenvalue weighted by atomic mass is 16.5. The number of nitrogens with zero attached hydrogens (tertiary/aromatic N) is 5. The van der Waals surface area contributed by atoms with Gasteiger partial charge < -0.3 is 9.30 Å². The van der Waals surface area contributed by atoms with Crippen molar-refractivity contribution in [2.24, 2.45) is 7.05 Å².